The Labute approximate surface area is 102 Å². The molecule has 1 aliphatic rings. The maximum absolute atomic E-state index is 11.5. The molecule has 0 bridgehead atoms. The van der Waals surface area contributed by atoms with Crippen LogP contribution in [0.1, 0.15) is 19.8 Å². The number of terminal acetylenes is 1. The van der Waals surface area contributed by atoms with Gasteiger partial charge in [0.15, 0.2) is 0 Å². The highest BCUT2D eigenvalue weighted by Gasteiger charge is 2.29. The second kappa shape index (κ2) is 6.26. The number of hydrogen-bond acceptors (Lipinski definition) is 3. The third-order valence-corrected chi connectivity index (χ3v) is 3.15. The monoisotopic (exact) mass is 237 g/mol. The van der Waals surface area contributed by atoms with E-state index in [9.17, 15) is 9.59 Å². The van der Waals surface area contributed by atoms with E-state index in [0.717, 1.165) is 12.8 Å². The lowest BCUT2D eigenvalue weighted by atomic mass is 9.93. The number of piperidine rings is 1. The van der Waals surface area contributed by atoms with Gasteiger partial charge in [0.05, 0.1) is 19.0 Å². The summed E-state index contributed by atoms with van der Waals surface area (Å²) in [5, 5.41) is 2.61. The zero-order valence-corrected chi connectivity index (χ0v) is 10.1. The number of primary amides is 1. The zero-order chi connectivity index (χ0) is 12.8. The first-order chi connectivity index (χ1) is 8.04. The molecule has 1 rings (SSSR count). The summed E-state index contributed by atoms with van der Waals surface area (Å²) in [6.45, 7) is 3.11. The minimum Gasteiger partial charge on any atom is -0.369 e. The Hall–Kier alpha value is -1.54. The molecule has 0 spiro atoms. The van der Waals surface area contributed by atoms with Gasteiger partial charge in [-0.3, -0.25) is 14.5 Å². The molecular formula is C12H19N3O2. The summed E-state index contributed by atoms with van der Waals surface area (Å²) >= 11 is 0. The van der Waals surface area contributed by atoms with Gasteiger partial charge in [-0.15, -0.1) is 6.42 Å². The number of hydrogen-bond donors (Lipinski definition) is 2. The zero-order valence-electron chi connectivity index (χ0n) is 10.1. The number of likely N-dealkylation sites (tertiary alicyclic amines) is 1. The van der Waals surface area contributed by atoms with Gasteiger partial charge in [0, 0.05) is 12.6 Å². The first-order valence-electron chi connectivity index (χ1n) is 5.78. The molecule has 2 amide bonds. The van der Waals surface area contributed by atoms with E-state index in [4.69, 9.17) is 12.2 Å². The molecular weight excluding hydrogens is 218 g/mol. The quantitative estimate of drug-likeness (QED) is 0.636. The second-order valence-corrected chi connectivity index (χ2v) is 4.44. The average molecular weight is 237 g/mol. The summed E-state index contributed by atoms with van der Waals surface area (Å²) in [6.07, 6.45) is 6.75. The molecule has 0 radical (unpaired) electrons. The van der Waals surface area contributed by atoms with Crippen molar-refractivity contribution in [2.75, 3.05) is 19.6 Å². The average Bonchev–Trinajstić information content (AvgIpc) is 2.29. The second-order valence-electron chi connectivity index (χ2n) is 4.44. The van der Waals surface area contributed by atoms with E-state index in [0.29, 0.717) is 12.6 Å². The van der Waals surface area contributed by atoms with E-state index in [2.05, 4.69) is 11.2 Å². The normalized spacial score (nSPS) is 24.9. The smallest absolute Gasteiger partial charge is 0.234 e. The van der Waals surface area contributed by atoms with Crippen molar-refractivity contribution in [3.05, 3.63) is 0 Å². The molecule has 0 aromatic heterocycles. The van der Waals surface area contributed by atoms with Crippen molar-refractivity contribution in [3.8, 4) is 12.3 Å². The lowest BCUT2D eigenvalue weighted by Gasteiger charge is -2.36. The van der Waals surface area contributed by atoms with Crippen molar-refractivity contribution in [1.29, 1.82) is 0 Å². The standard InChI is InChI=1S/C12H19N3O2/c1-3-6-14-11(16)8-15-7-10(12(13)17)5-4-9(15)2/h1,9-10H,4-8H2,2H3,(H2,13,17)(H,14,16). The van der Waals surface area contributed by atoms with Gasteiger partial charge in [-0.05, 0) is 19.8 Å². The maximum Gasteiger partial charge on any atom is 0.234 e. The number of carbonyl (C=O) groups is 2. The predicted molar refractivity (Wildman–Crippen MR) is 64.8 cm³/mol. The molecule has 0 saturated carbocycles. The summed E-state index contributed by atoms with van der Waals surface area (Å²) in [6, 6.07) is 0.294. The number of nitrogens with zero attached hydrogens (tertiary/aromatic N) is 1. The minimum atomic E-state index is -0.286. The maximum atomic E-state index is 11.5. The first kappa shape index (κ1) is 13.5. The van der Waals surface area contributed by atoms with Crippen LogP contribution in [0.3, 0.4) is 0 Å². The highest BCUT2D eigenvalue weighted by atomic mass is 16.2. The Morgan fingerprint density at radius 3 is 2.82 bits per heavy atom. The molecule has 1 saturated heterocycles. The fourth-order valence-corrected chi connectivity index (χ4v) is 2.02. The molecule has 0 aliphatic carbocycles. The Morgan fingerprint density at radius 1 is 1.53 bits per heavy atom. The van der Waals surface area contributed by atoms with Crippen LogP contribution in [0.5, 0.6) is 0 Å². The number of amides is 2. The molecule has 1 fully saturated rings. The Morgan fingerprint density at radius 2 is 2.24 bits per heavy atom. The summed E-state index contributed by atoms with van der Waals surface area (Å²) in [5.74, 6) is 1.81. The van der Waals surface area contributed by atoms with Crippen LogP contribution in [-0.4, -0.2) is 42.4 Å². The molecule has 5 heteroatoms. The summed E-state index contributed by atoms with van der Waals surface area (Å²) in [7, 11) is 0. The lowest BCUT2D eigenvalue weighted by Crippen LogP contribution is -2.49. The molecule has 5 nitrogen and oxygen atoms in total. The Balaban J connectivity index is 2.47. The van der Waals surface area contributed by atoms with E-state index in [-0.39, 0.29) is 30.8 Å². The van der Waals surface area contributed by atoms with E-state index in [1.54, 1.807) is 0 Å². The minimum absolute atomic E-state index is 0.111. The molecule has 94 valence electrons. The summed E-state index contributed by atoms with van der Waals surface area (Å²) in [4.78, 5) is 24.6. The van der Waals surface area contributed by atoms with Crippen molar-refractivity contribution in [2.45, 2.75) is 25.8 Å². The topological polar surface area (TPSA) is 75.4 Å². The van der Waals surface area contributed by atoms with E-state index in [1.165, 1.54) is 0 Å². The van der Waals surface area contributed by atoms with Gasteiger partial charge in [0.1, 0.15) is 0 Å². The van der Waals surface area contributed by atoms with Gasteiger partial charge in [-0.1, -0.05) is 5.92 Å². The molecule has 2 atom stereocenters. The van der Waals surface area contributed by atoms with E-state index < -0.39 is 0 Å². The van der Waals surface area contributed by atoms with Crippen LogP contribution in [0.25, 0.3) is 0 Å². The SMILES string of the molecule is C#CCNC(=O)CN1CC(C(N)=O)CCC1C. The molecule has 0 aromatic carbocycles. The van der Waals surface area contributed by atoms with Gasteiger partial charge in [0.2, 0.25) is 11.8 Å². The van der Waals surface area contributed by atoms with Crippen molar-refractivity contribution >= 4 is 11.8 Å². The largest absolute Gasteiger partial charge is 0.369 e. The van der Waals surface area contributed by atoms with Crippen LogP contribution in [0.2, 0.25) is 0 Å². The number of carbonyl (C=O) groups excluding carboxylic acids is 2. The predicted octanol–water partition coefficient (Wildman–Crippen LogP) is -0.678. The first-order valence-corrected chi connectivity index (χ1v) is 5.78. The van der Waals surface area contributed by atoms with Crippen LogP contribution in [0, 0.1) is 18.3 Å². The van der Waals surface area contributed by atoms with Crippen LogP contribution < -0.4 is 11.1 Å². The van der Waals surface area contributed by atoms with E-state index in [1.807, 2.05) is 11.8 Å². The van der Waals surface area contributed by atoms with Crippen LogP contribution in [0.4, 0.5) is 0 Å². The van der Waals surface area contributed by atoms with Crippen LogP contribution in [-0.2, 0) is 9.59 Å². The number of nitrogens with one attached hydrogen (secondary N) is 1. The fourth-order valence-electron chi connectivity index (χ4n) is 2.02. The number of nitrogens with two attached hydrogens (primary N) is 1. The van der Waals surface area contributed by atoms with Gasteiger partial charge >= 0.3 is 0 Å². The van der Waals surface area contributed by atoms with Crippen molar-refractivity contribution in [2.24, 2.45) is 11.7 Å². The molecule has 1 heterocycles. The molecule has 0 aromatic rings. The van der Waals surface area contributed by atoms with Crippen molar-refractivity contribution in [3.63, 3.8) is 0 Å². The third-order valence-electron chi connectivity index (χ3n) is 3.15. The van der Waals surface area contributed by atoms with E-state index >= 15 is 0 Å². The molecule has 1 aliphatic heterocycles. The number of rotatable bonds is 4. The lowest BCUT2D eigenvalue weighted by molar-refractivity contribution is -0.127. The molecule has 2 unspecified atom stereocenters. The van der Waals surface area contributed by atoms with Crippen LogP contribution >= 0.6 is 0 Å². The van der Waals surface area contributed by atoms with Crippen molar-refractivity contribution in [1.82, 2.24) is 10.2 Å². The van der Waals surface area contributed by atoms with Gasteiger partial charge < -0.3 is 11.1 Å². The third kappa shape index (κ3) is 4.08. The van der Waals surface area contributed by atoms with Gasteiger partial charge in [0.25, 0.3) is 0 Å². The van der Waals surface area contributed by atoms with Crippen molar-refractivity contribution < 1.29 is 9.59 Å². The van der Waals surface area contributed by atoms with Gasteiger partial charge in [-0.2, -0.15) is 0 Å². The highest BCUT2D eigenvalue weighted by Crippen LogP contribution is 2.21. The highest BCUT2D eigenvalue weighted by molar-refractivity contribution is 5.79. The summed E-state index contributed by atoms with van der Waals surface area (Å²) < 4.78 is 0. The molecule has 3 N–H and O–H groups in total. The Bertz CT molecular complexity index is 335. The van der Waals surface area contributed by atoms with Crippen LogP contribution in [0.15, 0.2) is 0 Å². The van der Waals surface area contributed by atoms with Gasteiger partial charge in [-0.25, -0.2) is 0 Å². The summed E-state index contributed by atoms with van der Waals surface area (Å²) in [5.41, 5.74) is 5.29. The Kier molecular flexibility index (Phi) is 4.98. The fraction of sp³-hybridized carbons (Fsp3) is 0.667. The molecule has 17 heavy (non-hydrogen) atoms.